The molecular weight excluding hydrogens is 262 g/mol. The van der Waals surface area contributed by atoms with Crippen LogP contribution in [0.1, 0.15) is 23.9 Å². The zero-order valence-electron chi connectivity index (χ0n) is 8.88. The summed E-state index contributed by atoms with van der Waals surface area (Å²) in [5.41, 5.74) is 0.578. The van der Waals surface area contributed by atoms with Crippen LogP contribution < -0.4 is 0 Å². The van der Waals surface area contributed by atoms with Crippen LogP contribution in [0.2, 0.25) is 5.02 Å². The summed E-state index contributed by atoms with van der Waals surface area (Å²) in [6.45, 7) is 0. The van der Waals surface area contributed by atoms with Gasteiger partial charge in [0.1, 0.15) is 5.25 Å². The van der Waals surface area contributed by atoms with Gasteiger partial charge < -0.3 is 0 Å². The number of aromatic nitrogens is 3. The maximum Gasteiger partial charge on any atom is 0.162 e. The Morgan fingerprint density at radius 3 is 2.94 bits per heavy atom. The maximum atomic E-state index is 11.9. The second-order valence-corrected chi connectivity index (χ2v) is 6.87. The van der Waals surface area contributed by atoms with Crippen molar-refractivity contribution >= 4 is 27.1 Å². The summed E-state index contributed by atoms with van der Waals surface area (Å²) in [6, 6.07) is 3.36. The lowest BCUT2D eigenvalue weighted by molar-refractivity contribution is 0.588. The van der Waals surface area contributed by atoms with Crippen LogP contribution in [0.15, 0.2) is 18.3 Å². The first-order valence-electron chi connectivity index (χ1n) is 5.30. The molecule has 7 heteroatoms. The molecule has 0 spiro atoms. The van der Waals surface area contributed by atoms with Crippen LogP contribution in [-0.4, -0.2) is 28.8 Å². The highest BCUT2D eigenvalue weighted by Gasteiger charge is 2.36. The van der Waals surface area contributed by atoms with E-state index in [2.05, 4.69) is 10.2 Å². The van der Waals surface area contributed by atoms with Crippen LogP contribution in [0, 0.1) is 0 Å². The fraction of sp³-hybridized carbons (Fsp3) is 0.400. The smallest absolute Gasteiger partial charge is 0.162 e. The number of fused-ring (bicyclic) bond motifs is 1. The highest BCUT2D eigenvalue weighted by atomic mass is 35.5. The van der Waals surface area contributed by atoms with E-state index in [9.17, 15) is 8.42 Å². The average molecular weight is 272 g/mol. The van der Waals surface area contributed by atoms with E-state index >= 15 is 0 Å². The van der Waals surface area contributed by atoms with Crippen molar-refractivity contribution in [3.8, 4) is 0 Å². The first-order chi connectivity index (χ1) is 8.08. The van der Waals surface area contributed by atoms with Gasteiger partial charge in [-0.15, -0.1) is 10.2 Å². The second-order valence-electron chi connectivity index (χ2n) is 4.13. The van der Waals surface area contributed by atoms with Gasteiger partial charge in [0.05, 0.1) is 5.75 Å². The predicted molar refractivity (Wildman–Crippen MR) is 63.8 cm³/mol. The molecular formula is C10H10ClN3O2S. The Morgan fingerprint density at radius 1 is 1.41 bits per heavy atom. The summed E-state index contributed by atoms with van der Waals surface area (Å²) in [5, 5.41) is 7.97. The Labute approximate surface area is 103 Å². The number of nitrogens with zero attached hydrogens (tertiary/aromatic N) is 3. The van der Waals surface area contributed by atoms with E-state index in [1.54, 1.807) is 22.7 Å². The molecule has 17 heavy (non-hydrogen) atoms. The van der Waals surface area contributed by atoms with E-state index in [0.29, 0.717) is 29.3 Å². The monoisotopic (exact) mass is 271 g/mol. The fourth-order valence-corrected chi connectivity index (χ4v) is 4.20. The Hall–Kier alpha value is -1.14. The van der Waals surface area contributed by atoms with E-state index in [-0.39, 0.29) is 5.75 Å². The largest absolute Gasteiger partial charge is 0.285 e. The molecule has 1 aliphatic heterocycles. The minimum atomic E-state index is -3.07. The van der Waals surface area contributed by atoms with Crippen molar-refractivity contribution in [2.45, 2.75) is 18.1 Å². The molecule has 1 atom stereocenters. The highest BCUT2D eigenvalue weighted by molar-refractivity contribution is 7.91. The third-order valence-corrected chi connectivity index (χ3v) is 5.42. The molecule has 0 amide bonds. The molecule has 1 fully saturated rings. The number of hydrogen-bond acceptors (Lipinski definition) is 4. The fourth-order valence-electron chi connectivity index (χ4n) is 2.19. The molecule has 0 bridgehead atoms. The lowest BCUT2D eigenvalue weighted by Gasteiger charge is -2.06. The van der Waals surface area contributed by atoms with Crippen molar-refractivity contribution < 1.29 is 8.42 Å². The lowest BCUT2D eigenvalue weighted by Crippen LogP contribution is -2.11. The molecule has 2 aromatic rings. The zero-order valence-corrected chi connectivity index (χ0v) is 10.4. The van der Waals surface area contributed by atoms with Gasteiger partial charge in [-0.05, 0) is 18.9 Å². The third-order valence-electron chi connectivity index (χ3n) is 3.02. The molecule has 0 aromatic carbocycles. The lowest BCUT2D eigenvalue weighted by atomic mass is 10.2. The molecule has 1 aliphatic rings. The number of halogens is 1. The summed E-state index contributed by atoms with van der Waals surface area (Å²) in [4.78, 5) is 0. The van der Waals surface area contributed by atoms with Crippen LogP contribution in [0.25, 0.3) is 5.65 Å². The minimum absolute atomic E-state index is 0.236. The van der Waals surface area contributed by atoms with E-state index in [1.807, 2.05) is 0 Å². The van der Waals surface area contributed by atoms with E-state index in [1.165, 1.54) is 0 Å². The molecule has 0 N–H and O–H groups in total. The molecule has 0 aliphatic carbocycles. The van der Waals surface area contributed by atoms with Crippen LogP contribution in [0.4, 0.5) is 0 Å². The molecule has 0 radical (unpaired) electrons. The van der Waals surface area contributed by atoms with Crippen LogP contribution in [-0.2, 0) is 9.84 Å². The Morgan fingerprint density at radius 2 is 2.24 bits per heavy atom. The first kappa shape index (κ1) is 11.0. The van der Waals surface area contributed by atoms with E-state index in [4.69, 9.17) is 11.6 Å². The van der Waals surface area contributed by atoms with Gasteiger partial charge in [0.25, 0.3) is 0 Å². The Kier molecular flexibility index (Phi) is 2.38. The number of rotatable bonds is 1. The Bertz CT molecular complexity index is 680. The minimum Gasteiger partial charge on any atom is -0.285 e. The van der Waals surface area contributed by atoms with Crippen LogP contribution in [0.5, 0.6) is 0 Å². The molecule has 90 valence electrons. The second kappa shape index (κ2) is 3.68. The molecule has 1 saturated heterocycles. The van der Waals surface area contributed by atoms with Crippen molar-refractivity contribution in [2.24, 2.45) is 0 Å². The zero-order chi connectivity index (χ0) is 12.0. The van der Waals surface area contributed by atoms with Crippen molar-refractivity contribution in [1.29, 1.82) is 0 Å². The molecule has 3 rings (SSSR count). The van der Waals surface area contributed by atoms with Gasteiger partial charge in [0, 0.05) is 17.3 Å². The van der Waals surface area contributed by atoms with Crippen molar-refractivity contribution in [2.75, 3.05) is 5.75 Å². The third kappa shape index (κ3) is 1.71. The topological polar surface area (TPSA) is 64.3 Å². The first-order valence-corrected chi connectivity index (χ1v) is 7.39. The quantitative estimate of drug-likeness (QED) is 0.791. The summed E-state index contributed by atoms with van der Waals surface area (Å²) in [5.74, 6) is 0.731. The summed E-state index contributed by atoms with van der Waals surface area (Å²) in [6.07, 6.45) is 3.02. The maximum absolute atomic E-state index is 11.9. The average Bonchev–Trinajstić information content (AvgIpc) is 2.80. The summed E-state index contributed by atoms with van der Waals surface area (Å²) >= 11 is 5.84. The summed E-state index contributed by atoms with van der Waals surface area (Å²) < 4.78 is 25.4. The van der Waals surface area contributed by atoms with Gasteiger partial charge in [-0.25, -0.2) is 8.42 Å². The molecule has 1 unspecified atom stereocenters. The van der Waals surface area contributed by atoms with Gasteiger partial charge in [0.2, 0.25) is 0 Å². The molecule has 2 aromatic heterocycles. The molecule has 0 saturated carbocycles. The van der Waals surface area contributed by atoms with E-state index in [0.717, 1.165) is 0 Å². The number of pyridine rings is 1. The van der Waals surface area contributed by atoms with Gasteiger partial charge in [-0.1, -0.05) is 11.6 Å². The van der Waals surface area contributed by atoms with Crippen LogP contribution in [0.3, 0.4) is 0 Å². The van der Waals surface area contributed by atoms with Gasteiger partial charge in [0.15, 0.2) is 21.3 Å². The van der Waals surface area contributed by atoms with Gasteiger partial charge in [-0.2, -0.15) is 0 Å². The van der Waals surface area contributed by atoms with Gasteiger partial charge in [-0.3, -0.25) is 4.40 Å². The van der Waals surface area contributed by atoms with Gasteiger partial charge >= 0.3 is 0 Å². The van der Waals surface area contributed by atoms with Crippen molar-refractivity contribution in [1.82, 2.24) is 14.6 Å². The molecule has 5 nitrogen and oxygen atoms in total. The predicted octanol–water partition coefficient (Wildman–Crippen LogP) is 1.63. The number of hydrogen-bond donors (Lipinski definition) is 0. The Balaban J connectivity index is 2.19. The SMILES string of the molecule is O=S1(=O)CCCC1c1nnc2cc(Cl)ccn12. The standard InChI is InChI=1S/C10H10ClN3O2S/c11-7-3-4-14-9(6-7)12-13-10(14)8-2-1-5-17(8,15)16/h3-4,6,8H,1-2,5H2. The highest BCUT2D eigenvalue weighted by Crippen LogP contribution is 2.33. The van der Waals surface area contributed by atoms with Crippen molar-refractivity contribution in [3.05, 3.63) is 29.2 Å². The normalized spacial score (nSPS) is 23.2. The molecule has 3 heterocycles. The van der Waals surface area contributed by atoms with Crippen molar-refractivity contribution in [3.63, 3.8) is 0 Å². The van der Waals surface area contributed by atoms with Crippen LogP contribution >= 0.6 is 11.6 Å². The summed E-state index contributed by atoms with van der Waals surface area (Å²) in [7, 11) is -3.07. The number of sulfone groups is 1. The van der Waals surface area contributed by atoms with E-state index < -0.39 is 15.1 Å².